The van der Waals surface area contributed by atoms with Crippen LogP contribution in [-0.4, -0.2) is 148 Å². The van der Waals surface area contributed by atoms with Crippen molar-refractivity contribution in [3.05, 3.63) is 131 Å². The van der Waals surface area contributed by atoms with E-state index in [1.165, 1.54) is 11.3 Å². The Hall–Kier alpha value is -8.54. The van der Waals surface area contributed by atoms with E-state index in [2.05, 4.69) is 80.0 Å². The van der Waals surface area contributed by atoms with E-state index in [1.807, 2.05) is 55.6 Å². The number of aromatic nitrogens is 4. The molecule has 4 aliphatic rings. The molecule has 4 aromatic heterocycles. The molecule has 4 amide bonds. The topological polar surface area (TPSA) is 271 Å². The van der Waals surface area contributed by atoms with Crippen LogP contribution in [0.2, 0.25) is 0 Å². The third-order valence-electron chi connectivity index (χ3n) is 19.8. The Labute approximate surface area is 601 Å². The Bertz CT molecular complexity index is 4070. The molecule has 4 fully saturated rings. The summed E-state index contributed by atoms with van der Waals surface area (Å²) in [6, 6.07) is 11.0. The standard InChI is InChI=1S/C39H50N4O6S.C22H34N2O5.C17H18N2O2S/c1-9-12-13-14-17-43(7)37(45)29-19-26(18-28(29)35(44)42-39(21-25(39)10-2)38(46)48-11-3)49-33-20-30(36-41-31(22-50-36)23(4)5)40-34-24(6)32(47-8)16-15-27(33)34;1-5-8-9-10-11-24(4)20(27)18-13-16(25)12-17(18)19(26)23-22(14-15(22)6-2)21(28)29-7-3;1-9(2)13-8-22-17(19-13)12-7-14(20)11-5-6-15(21-4)10(3)16(11)18-12/h9-10,15-16,20,22-23,25-26,28-29H,1-2,11-14,17-19,21H2,3-8H3,(H,42,44);5-6,15-18,25H,1-2,7-14H2,3-4H3,(H,23,26);5-9H,1-4H3,(H,18,20)/t25-,26-,28-,29-,39-;15-,16+,17-,18-,22-;/m11./s1. The zero-order valence-corrected chi connectivity index (χ0v) is 62.4. The first-order chi connectivity index (χ1) is 48.3. The minimum Gasteiger partial charge on any atom is -0.496 e. The van der Waals surface area contributed by atoms with Gasteiger partial charge < -0.3 is 54.2 Å². The van der Waals surface area contributed by atoms with E-state index in [9.17, 15) is 38.7 Å². The Morgan fingerprint density at radius 2 is 1.13 bits per heavy atom. The summed E-state index contributed by atoms with van der Waals surface area (Å²) >= 11 is 3.08. The monoisotopic (exact) mass is 1420 g/mol. The van der Waals surface area contributed by atoms with E-state index < -0.39 is 58.9 Å². The van der Waals surface area contributed by atoms with Gasteiger partial charge in [-0.25, -0.2) is 24.5 Å². The lowest BCUT2D eigenvalue weighted by molar-refractivity contribution is -0.150. The van der Waals surface area contributed by atoms with Gasteiger partial charge in [0.25, 0.3) is 0 Å². The molecular weight excluding hydrogens is 1320 g/mol. The number of esters is 2. The minimum atomic E-state index is -1.16. The van der Waals surface area contributed by atoms with Gasteiger partial charge in [-0.15, -0.1) is 49.0 Å². The van der Waals surface area contributed by atoms with Gasteiger partial charge in [0.15, 0.2) is 5.43 Å². The van der Waals surface area contributed by atoms with Gasteiger partial charge in [0.1, 0.15) is 50.1 Å². The molecule has 0 radical (unpaired) electrons. The molecule has 4 aliphatic carbocycles. The van der Waals surface area contributed by atoms with E-state index in [4.69, 9.17) is 33.7 Å². The van der Waals surface area contributed by atoms with E-state index in [-0.39, 0.29) is 72.9 Å². The molecule has 101 heavy (non-hydrogen) atoms. The molecule has 4 saturated carbocycles. The van der Waals surface area contributed by atoms with Gasteiger partial charge in [0, 0.05) is 83.8 Å². The summed E-state index contributed by atoms with van der Waals surface area (Å²) in [6.07, 6.45) is 13.2. The molecule has 544 valence electrons. The average molecular weight is 1420 g/mol. The first-order valence-electron chi connectivity index (χ1n) is 35.2. The van der Waals surface area contributed by atoms with Crippen LogP contribution in [0.4, 0.5) is 0 Å². The summed E-state index contributed by atoms with van der Waals surface area (Å²) in [7, 11) is 6.77. The number of allylic oxidation sites excluding steroid dienone is 2. The number of benzene rings is 2. The van der Waals surface area contributed by atoms with Crippen LogP contribution in [0.25, 0.3) is 43.2 Å². The van der Waals surface area contributed by atoms with Crippen LogP contribution >= 0.6 is 22.7 Å². The fraction of sp³-hybridized carbons (Fsp3) is 0.513. The molecule has 23 heteroatoms. The van der Waals surface area contributed by atoms with E-state index in [0.29, 0.717) is 67.3 Å². The van der Waals surface area contributed by atoms with Crippen molar-refractivity contribution in [2.75, 3.05) is 54.6 Å². The van der Waals surface area contributed by atoms with Crippen LogP contribution < -0.4 is 30.3 Å². The number of rotatable bonds is 30. The molecule has 4 heterocycles. The number of nitrogens with zero attached hydrogens (tertiary/aromatic N) is 5. The van der Waals surface area contributed by atoms with E-state index >= 15 is 0 Å². The van der Waals surface area contributed by atoms with Gasteiger partial charge in [-0.1, -0.05) is 52.0 Å². The number of aromatic amines is 1. The number of aliphatic hydroxyl groups excluding tert-OH is 1. The van der Waals surface area contributed by atoms with E-state index in [1.54, 1.807) is 87.6 Å². The van der Waals surface area contributed by atoms with Crippen molar-refractivity contribution in [2.24, 2.45) is 35.5 Å². The first-order valence-corrected chi connectivity index (χ1v) is 37.0. The number of unbranched alkanes of at least 4 members (excludes halogenated alkanes) is 4. The summed E-state index contributed by atoms with van der Waals surface area (Å²) in [5.41, 5.74) is 4.56. The molecule has 10 atom stereocenters. The molecule has 0 aliphatic heterocycles. The van der Waals surface area contributed by atoms with Crippen molar-refractivity contribution >= 4 is 80.0 Å². The molecule has 0 bridgehead atoms. The van der Waals surface area contributed by atoms with Gasteiger partial charge >= 0.3 is 11.9 Å². The molecule has 4 N–H and O–H groups in total. The predicted molar refractivity (Wildman–Crippen MR) is 397 cm³/mol. The normalized spacial score (nSPS) is 22.4. The number of aliphatic hydroxyl groups is 1. The number of H-pyrrole nitrogens is 1. The summed E-state index contributed by atoms with van der Waals surface area (Å²) in [5, 5.41) is 23.1. The summed E-state index contributed by atoms with van der Waals surface area (Å²) < 4.78 is 28.2. The number of amides is 4. The minimum absolute atomic E-state index is 0.00389. The van der Waals surface area contributed by atoms with Crippen molar-refractivity contribution < 1.29 is 57.6 Å². The van der Waals surface area contributed by atoms with Crippen molar-refractivity contribution in [3.63, 3.8) is 0 Å². The number of hydrogen-bond acceptors (Lipinski definition) is 18. The highest BCUT2D eigenvalue weighted by atomic mass is 32.1. The van der Waals surface area contributed by atoms with Crippen molar-refractivity contribution in [1.82, 2.24) is 40.4 Å². The van der Waals surface area contributed by atoms with Crippen LogP contribution in [0, 0.1) is 49.4 Å². The molecule has 21 nitrogen and oxygen atoms in total. The summed E-state index contributed by atoms with van der Waals surface area (Å²) in [5.74, 6) is -2.20. The molecule has 0 saturated heterocycles. The van der Waals surface area contributed by atoms with Crippen molar-refractivity contribution in [2.45, 2.75) is 168 Å². The smallest absolute Gasteiger partial charge is 0.332 e. The number of carbonyl (C=O) groups is 6. The maximum atomic E-state index is 14.1. The number of thiazole rings is 2. The van der Waals surface area contributed by atoms with Crippen LogP contribution in [0.3, 0.4) is 0 Å². The van der Waals surface area contributed by atoms with Gasteiger partial charge in [-0.2, -0.15) is 0 Å². The lowest BCUT2D eigenvalue weighted by Crippen LogP contribution is -2.50. The van der Waals surface area contributed by atoms with Crippen LogP contribution in [0.15, 0.2) is 103 Å². The second-order valence-electron chi connectivity index (χ2n) is 27.4. The number of methoxy groups -OCH3 is 2. The number of fused-ring (bicyclic) bond motifs is 2. The van der Waals surface area contributed by atoms with Gasteiger partial charge in [-0.05, 0) is 141 Å². The highest BCUT2D eigenvalue weighted by molar-refractivity contribution is 7.13. The molecule has 10 rings (SSSR count). The predicted octanol–water partition coefficient (Wildman–Crippen LogP) is 12.9. The quantitative estimate of drug-likeness (QED) is 0.0185. The second-order valence-corrected chi connectivity index (χ2v) is 29.1. The van der Waals surface area contributed by atoms with Gasteiger partial charge in [0.05, 0.1) is 85.3 Å². The molecular formula is C78H102N8O13S2. The number of carbonyl (C=O) groups excluding carboxylic acids is 6. The number of nitrogens with one attached hydrogen (secondary N) is 3. The van der Waals surface area contributed by atoms with E-state index in [0.717, 1.165) is 98.9 Å². The maximum absolute atomic E-state index is 14.1. The molecule has 0 spiro atoms. The Morgan fingerprint density at radius 1 is 0.653 bits per heavy atom. The van der Waals surface area contributed by atoms with Crippen LogP contribution in [-0.2, 0) is 38.2 Å². The van der Waals surface area contributed by atoms with Gasteiger partial charge in [-0.3, -0.25) is 24.0 Å². The molecule has 0 unspecified atom stereocenters. The third kappa shape index (κ3) is 18.0. The molecule has 2 aromatic carbocycles. The Kier molecular flexibility index (Phi) is 27.0. The molecule has 6 aromatic rings. The lowest BCUT2D eigenvalue weighted by atomic mass is 9.93. The second kappa shape index (κ2) is 34.9. The number of pyridine rings is 2. The lowest BCUT2D eigenvalue weighted by Gasteiger charge is -2.26. The van der Waals surface area contributed by atoms with Crippen molar-refractivity contribution in [1.29, 1.82) is 0 Å². The number of ether oxygens (including phenoxy) is 5. The fourth-order valence-corrected chi connectivity index (χ4v) is 15.4. The SMILES string of the molecule is C=CCCCCN(C)C(=O)[C@@H]1C[C@@H](O)C[C@H]1C(=O)N[C@]1(C(=O)OCC)C[C@H]1C=C.C=CCCCCN(C)C(=O)[C@@H]1C[C@H](Oc2cc(-c3nc(C(C)C)cs3)nc3c(C)c(OC)ccc23)C[C@H]1C(=O)N[C@]1(C(=O)OCC)C[C@H]1C=C.COc1ccc2c(=O)cc(-c3nc(C(C)C)cs3)[nH]c2c1C. The summed E-state index contributed by atoms with van der Waals surface area (Å²) in [4.78, 5) is 113. The highest BCUT2D eigenvalue weighted by Gasteiger charge is 2.63. The third-order valence-corrected chi connectivity index (χ3v) is 21.5. The van der Waals surface area contributed by atoms with Crippen LogP contribution in [0.1, 0.15) is 153 Å². The number of aryl methyl sites for hydroxylation is 2. The summed E-state index contributed by atoms with van der Waals surface area (Å²) in [6.45, 7) is 32.4. The van der Waals surface area contributed by atoms with Gasteiger partial charge in [0.2, 0.25) is 23.6 Å². The number of hydrogen-bond donors (Lipinski definition) is 4. The largest absolute Gasteiger partial charge is 0.496 e. The zero-order chi connectivity index (χ0) is 73.6. The average Bonchev–Trinajstić information content (AvgIpc) is 1.61. The van der Waals surface area contributed by atoms with Crippen LogP contribution in [0.5, 0.6) is 17.2 Å². The maximum Gasteiger partial charge on any atom is 0.332 e. The Morgan fingerprint density at radius 3 is 1.61 bits per heavy atom. The fourth-order valence-electron chi connectivity index (χ4n) is 13.5. The first kappa shape index (κ1) is 78.2. The van der Waals surface area contributed by atoms with Crippen molar-refractivity contribution in [3.8, 4) is 38.7 Å². The zero-order valence-electron chi connectivity index (χ0n) is 60.7. The Balaban J connectivity index is 0.000000214. The highest BCUT2D eigenvalue weighted by Crippen LogP contribution is 2.49.